The number of allylic oxidation sites excluding steroid dienone is 1. The quantitative estimate of drug-likeness (QED) is 0.346. The summed E-state index contributed by atoms with van der Waals surface area (Å²) in [5.74, 6) is 7.57. The lowest BCUT2D eigenvalue weighted by molar-refractivity contribution is -0.110. The molecule has 0 aliphatic heterocycles. The van der Waals surface area contributed by atoms with Gasteiger partial charge in [-0.3, -0.25) is 0 Å². The van der Waals surface area contributed by atoms with Crippen LogP contribution in [0.2, 0.25) is 0 Å². The zero-order valence-corrected chi connectivity index (χ0v) is 21.0. The van der Waals surface area contributed by atoms with Crippen LogP contribution in [0.1, 0.15) is 85.0 Å². The van der Waals surface area contributed by atoms with Crippen molar-refractivity contribution in [1.82, 2.24) is 5.32 Å². The van der Waals surface area contributed by atoms with Crippen molar-refractivity contribution < 1.29 is 5.11 Å². The van der Waals surface area contributed by atoms with Gasteiger partial charge in [-0.25, -0.2) is 0 Å². The molecule has 4 nitrogen and oxygen atoms in total. The van der Waals surface area contributed by atoms with Crippen LogP contribution in [0.4, 0.5) is 0 Å². The number of nitrogens with zero attached hydrogens (tertiary/aromatic N) is 1. The number of nitrogens with one attached hydrogen (secondary N) is 2. The van der Waals surface area contributed by atoms with Crippen molar-refractivity contribution in [3.8, 4) is 6.07 Å². The molecule has 5 fully saturated rings. The molecule has 0 spiro atoms. The smallest absolute Gasteiger partial charge is 0.102 e. The van der Waals surface area contributed by atoms with Gasteiger partial charge in [0, 0.05) is 19.0 Å². The fourth-order valence-corrected chi connectivity index (χ4v) is 9.80. The molecule has 0 heterocycles. The van der Waals surface area contributed by atoms with E-state index >= 15 is 0 Å². The van der Waals surface area contributed by atoms with Crippen molar-refractivity contribution in [1.29, 1.82) is 10.7 Å². The van der Waals surface area contributed by atoms with Crippen molar-refractivity contribution in [2.75, 3.05) is 6.54 Å². The molecular weight excluding hydrogens is 406 g/mol. The molecule has 0 bridgehead atoms. The number of nitriles is 1. The summed E-state index contributed by atoms with van der Waals surface area (Å²) in [4.78, 5) is 0. The Morgan fingerprint density at radius 2 is 1.79 bits per heavy atom. The van der Waals surface area contributed by atoms with E-state index in [1.54, 1.807) is 6.20 Å². The predicted molar refractivity (Wildman–Crippen MR) is 132 cm³/mol. The van der Waals surface area contributed by atoms with E-state index in [1.165, 1.54) is 51.4 Å². The molecule has 5 saturated carbocycles. The average molecular weight is 452 g/mol. The van der Waals surface area contributed by atoms with Crippen molar-refractivity contribution >= 4 is 6.21 Å². The lowest BCUT2D eigenvalue weighted by atomic mass is 9.47. The molecule has 182 valence electrons. The highest BCUT2D eigenvalue weighted by molar-refractivity contribution is 5.80. The fraction of sp³-hybridized carbons (Fsp3) is 0.862. The van der Waals surface area contributed by atoms with Crippen molar-refractivity contribution in [2.24, 2.45) is 58.7 Å². The van der Waals surface area contributed by atoms with Gasteiger partial charge in [-0.15, -0.1) is 0 Å². The van der Waals surface area contributed by atoms with Crippen LogP contribution < -0.4 is 5.32 Å². The van der Waals surface area contributed by atoms with Crippen LogP contribution >= 0.6 is 0 Å². The van der Waals surface area contributed by atoms with Gasteiger partial charge in [0.1, 0.15) is 6.07 Å². The number of hydrogen-bond donors (Lipinski definition) is 3. The maximum Gasteiger partial charge on any atom is 0.102 e. The van der Waals surface area contributed by atoms with Crippen LogP contribution in [0.15, 0.2) is 11.8 Å². The Morgan fingerprint density at radius 1 is 1.06 bits per heavy atom. The van der Waals surface area contributed by atoms with Crippen LogP contribution in [-0.2, 0) is 0 Å². The maximum atomic E-state index is 10.7. The summed E-state index contributed by atoms with van der Waals surface area (Å²) in [6, 6.07) is 2.08. The van der Waals surface area contributed by atoms with E-state index in [-0.39, 0.29) is 0 Å². The van der Waals surface area contributed by atoms with Gasteiger partial charge >= 0.3 is 0 Å². The maximum absolute atomic E-state index is 10.7. The van der Waals surface area contributed by atoms with Gasteiger partial charge in [-0.2, -0.15) is 5.26 Å². The number of aliphatic hydroxyl groups is 1. The molecule has 0 aromatic rings. The van der Waals surface area contributed by atoms with Gasteiger partial charge < -0.3 is 15.8 Å². The molecule has 0 aromatic carbocycles. The highest BCUT2D eigenvalue weighted by atomic mass is 16.3. The van der Waals surface area contributed by atoms with Gasteiger partial charge in [-0.05, 0) is 130 Å². The Morgan fingerprint density at radius 3 is 2.48 bits per heavy atom. The van der Waals surface area contributed by atoms with Gasteiger partial charge in [-0.1, -0.05) is 13.8 Å². The Labute approximate surface area is 201 Å². The van der Waals surface area contributed by atoms with Crippen molar-refractivity contribution in [3.63, 3.8) is 0 Å². The zero-order chi connectivity index (χ0) is 23.4. The van der Waals surface area contributed by atoms with E-state index < -0.39 is 5.60 Å². The highest BCUT2D eigenvalue weighted by Crippen LogP contribution is 2.70. The van der Waals surface area contributed by atoms with Crippen molar-refractivity contribution in [2.45, 2.75) is 90.6 Å². The Balaban J connectivity index is 1.34. The largest absolute Gasteiger partial charge is 0.390 e. The first-order valence-corrected chi connectivity index (χ1v) is 13.8. The lowest BCUT2D eigenvalue weighted by Gasteiger charge is -2.58. The van der Waals surface area contributed by atoms with Gasteiger partial charge in [0.05, 0.1) is 11.2 Å². The highest BCUT2D eigenvalue weighted by Gasteiger charge is 2.63. The Kier molecular flexibility index (Phi) is 6.17. The van der Waals surface area contributed by atoms with E-state index in [0.717, 1.165) is 72.9 Å². The molecule has 3 N–H and O–H groups in total. The summed E-state index contributed by atoms with van der Waals surface area (Å²) < 4.78 is 0. The zero-order valence-electron chi connectivity index (χ0n) is 21.0. The minimum atomic E-state index is -0.424. The third-order valence-electron chi connectivity index (χ3n) is 11.3. The molecule has 5 aliphatic carbocycles. The summed E-state index contributed by atoms with van der Waals surface area (Å²) in [6.45, 7) is 8.05. The molecule has 33 heavy (non-hydrogen) atoms. The van der Waals surface area contributed by atoms with Crippen molar-refractivity contribution in [3.05, 3.63) is 11.8 Å². The van der Waals surface area contributed by atoms with E-state index in [2.05, 4.69) is 32.2 Å². The number of fused-ring (bicyclic) bond motifs is 5. The normalized spacial score (nSPS) is 48.1. The predicted octanol–water partition coefficient (Wildman–Crippen LogP) is 5.93. The van der Waals surface area contributed by atoms with Crippen LogP contribution in [0.3, 0.4) is 0 Å². The first-order chi connectivity index (χ1) is 15.8. The summed E-state index contributed by atoms with van der Waals surface area (Å²) in [5, 5.41) is 30.5. The van der Waals surface area contributed by atoms with Gasteiger partial charge in [0.25, 0.3) is 0 Å². The molecule has 0 aromatic heterocycles. The monoisotopic (exact) mass is 451 g/mol. The third-order valence-corrected chi connectivity index (χ3v) is 11.3. The van der Waals surface area contributed by atoms with Gasteiger partial charge in [0.15, 0.2) is 0 Å². The molecule has 0 unspecified atom stereocenters. The molecule has 5 aliphatic rings. The molecule has 5 rings (SSSR count). The van der Waals surface area contributed by atoms with E-state index in [0.29, 0.717) is 16.9 Å². The number of hydrogen-bond acceptors (Lipinski definition) is 4. The SMILES string of the molecule is C[C@H](CN/C=C(/C#N)C=N)[C@H]1C[C@@H](C2CC2)[C@H]2[C@@H]3CC[C@@H]4C[C@](C)(O)CC[C@@H]4[C@H]3CC[C@@]21C. The molecule has 10 atom stereocenters. The second kappa shape index (κ2) is 8.71. The summed E-state index contributed by atoms with van der Waals surface area (Å²) in [7, 11) is 0. The number of rotatable bonds is 6. The molecular formula is C29H45N3O. The molecule has 0 radical (unpaired) electrons. The third kappa shape index (κ3) is 4.18. The van der Waals surface area contributed by atoms with E-state index in [1.807, 2.05) is 0 Å². The van der Waals surface area contributed by atoms with Crippen LogP contribution in [-0.4, -0.2) is 23.5 Å². The summed E-state index contributed by atoms with van der Waals surface area (Å²) >= 11 is 0. The topological polar surface area (TPSA) is 79.9 Å². The Hall–Kier alpha value is -1.34. The average Bonchev–Trinajstić information content (AvgIpc) is 3.57. The summed E-state index contributed by atoms with van der Waals surface area (Å²) in [5.41, 5.74) is 0.426. The molecule has 0 saturated heterocycles. The molecule has 0 amide bonds. The van der Waals surface area contributed by atoms with E-state index in [4.69, 9.17) is 10.7 Å². The van der Waals surface area contributed by atoms with Crippen LogP contribution in [0, 0.1) is 75.4 Å². The van der Waals surface area contributed by atoms with Crippen LogP contribution in [0.5, 0.6) is 0 Å². The first kappa shape index (κ1) is 23.4. The second-order valence-electron chi connectivity index (χ2n) is 13.2. The minimum Gasteiger partial charge on any atom is -0.390 e. The Bertz CT molecular complexity index is 823. The van der Waals surface area contributed by atoms with Gasteiger partial charge in [0.2, 0.25) is 0 Å². The van der Waals surface area contributed by atoms with E-state index in [9.17, 15) is 5.11 Å². The second-order valence-corrected chi connectivity index (χ2v) is 13.2. The standard InChI is InChI=1S/C29H45N3O/c1-18(16-32-17-19(14-30)15-31)26-12-25(20-4-5-20)27-24-7-6-21-13-28(2,33)10-8-22(21)23(24)9-11-29(26,27)3/h14,17-18,20-27,30,32-33H,4-13,16H2,1-3H3/b19-17+,30-14?/t18-,21-,22+,23-,24-,25+,26-,27-,28-,29-/m1/s1. The minimum absolute atomic E-state index is 0.400. The fourth-order valence-electron chi connectivity index (χ4n) is 9.80. The first-order valence-electron chi connectivity index (χ1n) is 13.8. The molecule has 4 heteroatoms. The summed E-state index contributed by atoms with van der Waals surface area (Å²) in [6.07, 6.45) is 16.0. The lowest BCUT2D eigenvalue weighted by Crippen LogP contribution is -2.52. The van der Waals surface area contributed by atoms with Crippen LogP contribution in [0.25, 0.3) is 0 Å².